The van der Waals surface area contributed by atoms with Gasteiger partial charge < -0.3 is 15.0 Å². The topological polar surface area (TPSA) is 58.6 Å². The molecule has 1 N–H and O–H groups in total. The second kappa shape index (κ2) is 8.83. The summed E-state index contributed by atoms with van der Waals surface area (Å²) < 4.78 is 6.22. The van der Waals surface area contributed by atoms with Gasteiger partial charge in [0, 0.05) is 24.9 Å². The quantitative estimate of drug-likeness (QED) is 0.776. The fourth-order valence-electron chi connectivity index (χ4n) is 4.47. The van der Waals surface area contributed by atoms with Gasteiger partial charge in [-0.3, -0.25) is 9.59 Å². The Hall–Kier alpha value is -2.66. The highest BCUT2D eigenvalue weighted by Gasteiger charge is 2.49. The van der Waals surface area contributed by atoms with Gasteiger partial charge in [0.25, 0.3) is 5.91 Å². The van der Waals surface area contributed by atoms with Crippen molar-refractivity contribution in [1.82, 2.24) is 10.2 Å². The van der Waals surface area contributed by atoms with E-state index in [1.807, 2.05) is 49.1 Å². The lowest BCUT2D eigenvalue weighted by molar-refractivity contribution is -0.167. The van der Waals surface area contributed by atoms with Crippen LogP contribution in [-0.2, 0) is 20.7 Å². The van der Waals surface area contributed by atoms with Crippen LogP contribution in [-0.4, -0.2) is 48.1 Å². The molecule has 164 valence electrons. The highest BCUT2D eigenvalue weighted by Crippen LogP contribution is 2.40. The van der Waals surface area contributed by atoms with Crippen LogP contribution in [0.4, 0.5) is 0 Å². The second-order valence-electron chi connectivity index (χ2n) is 9.25. The monoisotopic (exact) mass is 420 g/mol. The predicted molar refractivity (Wildman–Crippen MR) is 121 cm³/mol. The van der Waals surface area contributed by atoms with Crippen LogP contribution in [0, 0.1) is 11.8 Å². The van der Waals surface area contributed by atoms with Crippen molar-refractivity contribution in [2.45, 2.75) is 45.3 Å². The van der Waals surface area contributed by atoms with Gasteiger partial charge in [0.1, 0.15) is 0 Å². The molecule has 2 aliphatic rings. The Morgan fingerprint density at radius 3 is 2.48 bits per heavy atom. The number of morpholine rings is 1. The SMILES string of the molecule is CC(C)NC(=O)C1(Cc2ccccc2-c2ccccc2)CN(C(=O)C2CC2C)CCO1. The van der Waals surface area contributed by atoms with E-state index in [4.69, 9.17) is 4.74 Å². The number of carbonyl (C=O) groups is 2. The van der Waals surface area contributed by atoms with Crippen molar-refractivity contribution >= 4 is 11.8 Å². The lowest BCUT2D eigenvalue weighted by Gasteiger charge is -2.42. The fourth-order valence-corrected chi connectivity index (χ4v) is 4.47. The normalized spacial score (nSPS) is 25.4. The summed E-state index contributed by atoms with van der Waals surface area (Å²) in [5.41, 5.74) is 2.14. The molecule has 2 amide bonds. The summed E-state index contributed by atoms with van der Waals surface area (Å²) >= 11 is 0. The summed E-state index contributed by atoms with van der Waals surface area (Å²) in [5, 5.41) is 3.04. The Bertz CT molecular complexity index is 943. The summed E-state index contributed by atoms with van der Waals surface area (Å²) in [6.07, 6.45) is 1.36. The molecular formula is C26H32N2O3. The highest BCUT2D eigenvalue weighted by molar-refractivity contribution is 5.88. The van der Waals surface area contributed by atoms with Gasteiger partial charge in [-0.05, 0) is 42.9 Å². The molecule has 2 aromatic rings. The van der Waals surface area contributed by atoms with Crippen molar-refractivity contribution in [3.05, 3.63) is 60.2 Å². The summed E-state index contributed by atoms with van der Waals surface area (Å²) in [4.78, 5) is 28.3. The average Bonchev–Trinajstić information content (AvgIpc) is 3.50. The number of rotatable bonds is 6. The molecule has 1 aliphatic carbocycles. The van der Waals surface area contributed by atoms with E-state index in [-0.39, 0.29) is 30.3 Å². The Labute approximate surface area is 184 Å². The maximum atomic E-state index is 13.4. The van der Waals surface area contributed by atoms with E-state index < -0.39 is 5.60 Å². The molecule has 0 bridgehead atoms. The highest BCUT2D eigenvalue weighted by atomic mass is 16.5. The fraction of sp³-hybridized carbons (Fsp3) is 0.462. The zero-order valence-corrected chi connectivity index (χ0v) is 18.6. The molecule has 0 radical (unpaired) electrons. The molecule has 2 fully saturated rings. The van der Waals surface area contributed by atoms with E-state index in [0.717, 1.165) is 23.1 Å². The molecule has 5 nitrogen and oxygen atoms in total. The maximum Gasteiger partial charge on any atom is 0.254 e. The lowest BCUT2D eigenvalue weighted by Crippen LogP contribution is -2.63. The van der Waals surface area contributed by atoms with E-state index in [1.165, 1.54) is 0 Å². The van der Waals surface area contributed by atoms with Gasteiger partial charge in [-0.1, -0.05) is 61.5 Å². The lowest BCUT2D eigenvalue weighted by atomic mass is 9.87. The molecule has 31 heavy (non-hydrogen) atoms. The first kappa shape index (κ1) is 21.6. The zero-order chi connectivity index (χ0) is 22.0. The van der Waals surface area contributed by atoms with Crippen LogP contribution in [0.3, 0.4) is 0 Å². The van der Waals surface area contributed by atoms with Crippen molar-refractivity contribution in [3.63, 3.8) is 0 Å². The predicted octanol–water partition coefficient (Wildman–Crippen LogP) is 3.67. The first-order chi connectivity index (χ1) is 14.9. The van der Waals surface area contributed by atoms with Crippen LogP contribution in [0.25, 0.3) is 11.1 Å². The number of hydrogen-bond acceptors (Lipinski definition) is 3. The number of ether oxygens (including phenoxy) is 1. The number of nitrogens with one attached hydrogen (secondary N) is 1. The minimum atomic E-state index is -1.10. The largest absolute Gasteiger partial charge is 0.361 e. The van der Waals surface area contributed by atoms with Crippen molar-refractivity contribution < 1.29 is 14.3 Å². The standard InChI is InChI=1S/C26H32N2O3/c1-18(2)27-25(30)26(17-28(13-14-31-26)24(29)23-15-19(23)3)16-21-11-7-8-12-22(21)20-9-5-4-6-10-20/h4-12,18-19,23H,13-17H2,1-3H3,(H,27,30). The van der Waals surface area contributed by atoms with Gasteiger partial charge in [-0.25, -0.2) is 0 Å². The summed E-state index contributed by atoms with van der Waals surface area (Å²) in [5.74, 6) is 0.550. The summed E-state index contributed by atoms with van der Waals surface area (Å²) in [6, 6.07) is 18.3. The van der Waals surface area contributed by atoms with Crippen LogP contribution in [0.15, 0.2) is 54.6 Å². The van der Waals surface area contributed by atoms with Gasteiger partial charge in [0.05, 0.1) is 13.2 Å². The van der Waals surface area contributed by atoms with E-state index in [9.17, 15) is 9.59 Å². The van der Waals surface area contributed by atoms with E-state index in [2.05, 4.69) is 36.5 Å². The molecule has 2 aromatic carbocycles. The first-order valence-corrected chi connectivity index (χ1v) is 11.3. The van der Waals surface area contributed by atoms with E-state index in [1.54, 1.807) is 0 Å². The number of benzene rings is 2. The van der Waals surface area contributed by atoms with E-state index in [0.29, 0.717) is 25.5 Å². The molecule has 4 rings (SSSR count). The Balaban J connectivity index is 1.67. The number of nitrogens with zero attached hydrogens (tertiary/aromatic N) is 1. The van der Waals surface area contributed by atoms with Crippen LogP contribution >= 0.6 is 0 Å². The van der Waals surface area contributed by atoms with Gasteiger partial charge in [-0.15, -0.1) is 0 Å². The van der Waals surface area contributed by atoms with Crippen LogP contribution in [0.5, 0.6) is 0 Å². The summed E-state index contributed by atoms with van der Waals surface area (Å²) in [7, 11) is 0. The number of amides is 2. The van der Waals surface area contributed by atoms with Crippen LogP contribution < -0.4 is 5.32 Å². The van der Waals surface area contributed by atoms with Gasteiger partial charge in [-0.2, -0.15) is 0 Å². The molecule has 3 atom stereocenters. The maximum absolute atomic E-state index is 13.4. The molecule has 0 aromatic heterocycles. The van der Waals surface area contributed by atoms with Crippen molar-refractivity contribution in [2.75, 3.05) is 19.7 Å². The zero-order valence-electron chi connectivity index (χ0n) is 18.6. The second-order valence-corrected chi connectivity index (χ2v) is 9.25. The third-order valence-corrected chi connectivity index (χ3v) is 6.34. The van der Waals surface area contributed by atoms with E-state index >= 15 is 0 Å². The number of carbonyl (C=O) groups excluding carboxylic acids is 2. The van der Waals surface area contributed by atoms with Crippen LogP contribution in [0.2, 0.25) is 0 Å². The molecule has 0 spiro atoms. The minimum Gasteiger partial charge on any atom is -0.361 e. The molecular weight excluding hydrogens is 388 g/mol. The summed E-state index contributed by atoms with van der Waals surface area (Å²) in [6.45, 7) is 7.20. The van der Waals surface area contributed by atoms with Crippen LogP contribution in [0.1, 0.15) is 32.8 Å². The van der Waals surface area contributed by atoms with Crippen molar-refractivity contribution in [1.29, 1.82) is 0 Å². The third kappa shape index (κ3) is 4.67. The van der Waals surface area contributed by atoms with Crippen molar-refractivity contribution in [3.8, 4) is 11.1 Å². The Morgan fingerprint density at radius 1 is 1.13 bits per heavy atom. The first-order valence-electron chi connectivity index (χ1n) is 11.3. The molecule has 1 heterocycles. The van der Waals surface area contributed by atoms with Gasteiger partial charge in [0.2, 0.25) is 5.91 Å². The molecule has 1 saturated carbocycles. The average molecular weight is 421 g/mol. The van der Waals surface area contributed by atoms with Crippen molar-refractivity contribution in [2.24, 2.45) is 11.8 Å². The molecule has 1 aliphatic heterocycles. The Morgan fingerprint density at radius 2 is 1.81 bits per heavy atom. The van der Waals surface area contributed by atoms with Gasteiger partial charge >= 0.3 is 0 Å². The molecule has 5 heteroatoms. The molecule has 3 unspecified atom stereocenters. The Kier molecular flexibility index (Phi) is 6.15. The third-order valence-electron chi connectivity index (χ3n) is 6.34. The minimum absolute atomic E-state index is 0.00752. The smallest absolute Gasteiger partial charge is 0.254 e. The molecule has 1 saturated heterocycles. The number of hydrogen-bond donors (Lipinski definition) is 1. The van der Waals surface area contributed by atoms with Gasteiger partial charge in [0.15, 0.2) is 5.60 Å².